The van der Waals surface area contributed by atoms with Gasteiger partial charge in [0.05, 0.1) is 6.04 Å². The van der Waals surface area contributed by atoms with Gasteiger partial charge in [0.1, 0.15) is 0 Å². The maximum absolute atomic E-state index is 11.5. The van der Waals surface area contributed by atoms with Gasteiger partial charge >= 0.3 is 6.03 Å². The Labute approximate surface area is 90.4 Å². The first-order valence-corrected chi connectivity index (χ1v) is 4.90. The summed E-state index contributed by atoms with van der Waals surface area (Å²) >= 11 is 0. The number of carbonyl (C=O) groups excluding carboxylic acids is 2. The molecule has 0 aliphatic carbocycles. The molecule has 0 radical (unpaired) electrons. The molecule has 1 unspecified atom stereocenters. The van der Waals surface area contributed by atoms with Crippen molar-refractivity contribution in [1.82, 2.24) is 20.9 Å². The third-order valence-corrected chi connectivity index (χ3v) is 2.22. The highest BCUT2D eigenvalue weighted by atomic mass is 16.2. The molecule has 0 spiro atoms. The summed E-state index contributed by atoms with van der Waals surface area (Å²) in [6.45, 7) is 3.31. The van der Waals surface area contributed by atoms with Crippen LogP contribution < -0.4 is 16.0 Å². The van der Waals surface area contributed by atoms with Crippen LogP contribution in [0.4, 0.5) is 4.79 Å². The molecule has 0 aromatic heterocycles. The minimum absolute atomic E-state index is 0.298. The van der Waals surface area contributed by atoms with E-state index in [9.17, 15) is 9.59 Å². The van der Waals surface area contributed by atoms with Crippen molar-refractivity contribution in [1.29, 1.82) is 0 Å². The average Bonchev–Trinajstić information content (AvgIpc) is 2.24. The van der Waals surface area contributed by atoms with E-state index in [1.807, 2.05) is 19.0 Å². The molecule has 0 heterocycles. The van der Waals surface area contributed by atoms with Crippen molar-refractivity contribution in [2.75, 3.05) is 34.2 Å². The molecule has 0 bridgehead atoms. The summed E-state index contributed by atoms with van der Waals surface area (Å²) < 4.78 is 0. The molecule has 0 fully saturated rings. The van der Waals surface area contributed by atoms with E-state index in [1.165, 1.54) is 7.05 Å². The first-order valence-electron chi connectivity index (χ1n) is 4.90. The summed E-state index contributed by atoms with van der Waals surface area (Å²) in [4.78, 5) is 24.2. The van der Waals surface area contributed by atoms with Gasteiger partial charge in [0.2, 0.25) is 5.91 Å². The number of imide groups is 1. The number of urea groups is 1. The molecule has 0 saturated heterocycles. The number of rotatable bonds is 5. The summed E-state index contributed by atoms with van der Waals surface area (Å²) in [7, 11) is 5.16. The second-order valence-corrected chi connectivity index (χ2v) is 3.33. The van der Waals surface area contributed by atoms with Crippen LogP contribution in [0.2, 0.25) is 0 Å². The van der Waals surface area contributed by atoms with Crippen LogP contribution in [-0.4, -0.2) is 57.1 Å². The number of hydrogen-bond acceptors (Lipinski definition) is 4. The number of hydrogen-bond donors (Lipinski definition) is 3. The summed E-state index contributed by atoms with van der Waals surface area (Å²) in [5.74, 6) is -0.298. The maximum atomic E-state index is 11.5. The Balaban J connectivity index is 4.01. The second kappa shape index (κ2) is 7.19. The minimum atomic E-state index is -0.478. The lowest BCUT2D eigenvalue weighted by Crippen LogP contribution is -2.48. The summed E-state index contributed by atoms with van der Waals surface area (Å²) in [6.07, 6.45) is 0. The molecule has 0 aliphatic heterocycles. The number of nitrogens with zero attached hydrogens (tertiary/aromatic N) is 1. The van der Waals surface area contributed by atoms with Gasteiger partial charge in [-0.05, 0) is 21.0 Å². The maximum Gasteiger partial charge on any atom is 0.321 e. The minimum Gasteiger partial charge on any atom is -0.341 e. The lowest BCUT2D eigenvalue weighted by atomic mass is 10.3. The number of amides is 3. The average molecular weight is 216 g/mol. The van der Waals surface area contributed by atoms with Crippen molar-refractivity contribution < 1.29 is 9.59 Å². The van der Waals surface area contributed by atoms with E-state index in [4.69, 9.17) is 0 Å². The van der Waals surface area contributed by atoms with Crippen molar-refractivity contribution in [3.05, 3.63) is 0 Å². The summed E-state index contributed by atoms with van der Waals surface area (Å²) in [5, 5.41) is 7.56. The molecule has 3 N–H and O–H groups in total. The van der Waals surface area contributed by atoms with E-state index in [-0.39, 0.29) is 11.9 Å². The van der Waals surface area contributed by atoms with Crippen LogP contribution in [0.1, 0.15) is 6.92 Å². The number of likely N-dealkylation sites (N-methyl/N-ethyl adjacent to an activating group) is 2. The predicted molar refractivity (Wildman–Crippen MR) is 58.6 cm³/mol. The highest BCUT2D eigenvalue weighted by Crippen LogP contribution is 1.94. The molecule has 0 aliphatic rings. The fourth-order valence-corrected chi connectivity index (χ4v) is 0.961. The molecular weight excluding hydrogens is 196 g/mol. The van der Waals surface area contributed by atoms with Gasteiger partial charge in [-0.2, -0.15) is 0 Å². The Morgan fingerprint density at radius 1 is 1.33 bits per heavy atom. The Bertz CT molecular complexity index is 220. The fraction of sp³-hybridized carbons (Fsp3) is 0.778. The zero-order chi connectivity index (χ0) is 11.8. The van der Waals surface area contributed by atoms with Gasteiger partial charge in [-0.3, -0.25) is 15.0 Å². The lowest BCUT2D eigenvalue weighted by molar-refractivity contribution is -0.124. The Kier molecular flexibility index (Phi) is 6.64. The van der Waals surface area contributed by atoms with Crippen molar-refractivity contribution >= 4 is 11.9 Å². The van der Waals surface area contributed by atoms with Gasteiger partial charge in [0, 0.05) is 20.1 Å². The van der Waals surface area contributed by atoms with Gasteiger partial charge in [-0.25, -0.2) is 4.79 Å². The summed E-state index contributed by atoms with van der Waals surface area (Å²) in [5.41, 5.74) is 0. The molecule has 1 atom stereocenters. The first-order chi connectivity index (χ1) is 7.02. The zero-order valence-corrected chi connectivity index (χ0v) is 9.76. The van der Waals surface area contributed by atoms with Crippen molar-refractivity contribution in [3.63, 3.8) is 0 Å². The Hall–Kier alpha value is -1.14. The molecular formula is C9H20N4O2. The van der Waals surface area contributed by atoms with Gasteiger partial charge in [0.15, 0.2) is 0 Å². The standard InChI is InChI=1S/C9H20N4O2/c1-7(13(4)6-5-10-2)8(14)12-9(15)11-3/h7,10H,5-6H2,1-4H3,(H2,11,12,14,15). The van der Waals surface area contributed by atoms with Gasteiger partial charge in [-0.1, -0.05) is 0 Å². The van der Waals surface area contributed by atoms with Gasteiger partial charge in [0.25, 0.3) is 0 Å². The summed E-state index contributed by atoms with van der Waals surface area (Å²) in [6, 6.07) is -0.801. The Morgan fingerprint density at radius 3 is 2.40 bits per heavy atom. The van der Waals surface area contributed by atoms with Gasteiger partial charge in [-0.15, -0.1) is 0 Å². The third-order valence-electron chi connectivity index (χ3n) is 2.22. The fourth-order valence-electron chi connectivity index (χ4n) is 0.961. The van der Waals surface area contributed by atoms with E-state index in [2.05, 4.69) is 16.0 Å². The third kappa shape index (κ3) is 5.34. The SMILES string of the molecule is CNCCN(C)C(C)C(=O)NC(=O)NC. The molecule has 88 valence electrons. The molecule has 15 heavy (non-hydrogen) atoms. The molecule has 0 aromatic carbocycles. The van der Waals surface area contributed by atoms with Crippen molar-refractivity contribution in [2.45, 2.75) is 13.0 Å². The molecule has 6 heteroatoms. The first kappa shape index (κ1) is 13.9. The topological polar surface area (TPSA) is 73.5 Å². The van der Waals surface area contributed by atoms with E-state index in [0.717, 1.165) is 13.1 Å². The highest BCUT2D eigenvalue weighted by molar-refractivity contribution is 5.96. The van der Waals surface area contributed by atoms with Crippen LogP contribution >= 0.6 is 0 Å². The number of nitrogens with one attached hydrogen (secondary N) is 3. The van der Waals surface area contributed by atoms with Crippen LogP contribution in [0, 0.1) is 0 Å². The Morgan fingerprint density at radius 2 is 1.93 bits per heavy atom. The highest BCUT2D eigenvalue weighted by Gasteiger charge is 2.18. The lowest BCUT2D eigenvalue weighted by Gasteiger charge is -2.23. The molecule has 6 nitrogen and oxygen atoms in total. The zero-order valence-electron chi connectivity index (χ0n) is 9.76. The van der Waals surface area contributed by atoms with Crippen molar-refractivity contribution in [3.8, 4) is 0 Å². The van der Waals surface area contributed by atoms with E-state index < -0.39 is 6.03 Å². The molecule has 0 saturated carbocycles. The molecule has 0 rings (SSSR count). The van der Waals surface area contributed by atoms with Crippen LogP contribution in [0.5, 0.6) is 0 Å². The molecule has 0 aromatic rings. The molecule has 3 amide bonds. The van der Waals surface area contributed by atoms with Crippen LogP contribution in [0.3, 0.4) is 0 Å². The second-order valence-electron chi connectivity index (χ2n) is 3.33. The normalized spacial score (nSPS) is 12.3. The van der Waals surface area contributed by atoms with Crippen LogP contribution in [0.15, 0.2) is 0 Å². The predicted octanol–water partition coefficient (Wildman–Crippen LogP) is -1.02. The van der Waals surface area contributed by atoms with E-state index >= 15 is 0 Å². The number of carbonyl (C=O) groups is 2. The van der Waals surface area contributed by atoms with E-state index in [0.29, 0.717) is 0 Å². The van der Waals surface area contributed by atoms with E-state index in [1.54, 1.807) is 6.92 Å². The quantitative estimate of drug-likeness (QED) is 0.550. The monoisotopic (exact) mass is 216 g/mol. The van der Waals surface area contributed by atoms with Crippen LogP contribution in [-0.2, 0) is 4.79 Å². The largest absolute Gasteiger partial charge is 0.341 e. The van der Waals surface area contributed by atoms with Crippen LogP contribution in [0.25, 0.3) is 0 Å². The van der Waals surface area contributed by atoms with Crippen molar-refractivity contribution in [2.24, 2.45) is 0 Å². The van der Waals surface area contributed by atoms with Gasteiger partial charge < -0.3 is 10.6 Å². The smallest absolute Gasteiger partial charge is 0.321 e.